The minimum absolute atomic E-state index is 0.209. The maximum Gasteiger partial charge on any atom is 0.124 e. The van der Waals surface area contributed by atoms with Crippen LogP contribution in [0.15, 0.2) is 48.7 Å². The van der Waals surface area contributed by atoms with E-state index < -0.39 is 5.60 Å². The molecule has 0 spiro atoms. The van der Waals surface area contributed by atoms with Crippen molar-refractivity contribution in [2.45, 2.75) is 25.0 Å². The SMILES string of the molecule is COc1ccccc1C1(O)CCN(Cc2cn(C)c3ccc(F)cc23)CC1. The molecule has 1 aliphatic heterocycles. The zero-order valence-electron chi connectivity index (χ0n) is 15.8. The van der Waals surface area contributed by atoms with Crippen LogP contribution in [-0.4, -0.2) is 34.8 Å². The van der Waals surface area contributed by atoms with Crippen LogP contribution >= 0.6 is 0 Å². The van der Waals surface area contributed by atoms with Crippen LogP contribution in [0.5, 0.6) is 5.75 Å². The van der Waals surface area contributed by atoms with Gasteiger partial charge in [-0.05, 0) is 42.7 Å². The Morgan fingerprint density at radius 3 is 2.63 bits per heavy atom. The summed E-state index contributed by atoms with van der Waals surface area (Å²) >= 11 is 0. The quantitative estimate of drug-likeness (QED) is 0.761. The third kappa shape index (κ3) is 3.33. The molecule has 1 fully saturated rings. The second-order valence-corrected chi connectivity index (χ2v) is 7.43. The highest BCUT2D eigenvalue weighted by atomic mass is 19.1. The van der Waals surface area contributed by atoms with Gasteiger partial charge in [-0.25, -0.2) is 4.39 Å². The lowest BCUT2D eigenvalue weighted by Crippen LogP contribution is -2.42. The van der Waals surface area contributed by atoms with Gasteiger partial charge in [0.05, 0.1) is 12.7 Å². The van der Waals surface area contributed by atoms with Crippen molar-refractivity contribution in [1.29, 1.82) is 0 Å². The Labute approximate surface area is 158 Å². The number of aliphatic hydroxyl groups is 1. The van der Waals surface area contributed by atoms with Crippen molar-refractivity contribution in [3.8, 4) is 5.75 Å². The maximum atomic E-state index is 13.7. The lowest BCUT2D eigenvalue weighted by molar-refractivity contribution is -0.0291. The molecule has 27 heavy (non-hydrogen) atoms. The third-order valence-corrected chi connectivity index (χ3v) is 5.72. The van der Waals surface area contributed by atoms with Gasteiger partial charge in [-0.1, -0.05) is 18.2 Å². The Hall–Kier alpha value is -2.37. The summed E-state index contributed by atoms with van der Waals surface area (Å²) in [4.78, 5) is 2.32. The molecule has 0 radical (unpaired) electrons. The molecule has 2 heterocycles. The number of hydrogen-bond acceptors (Lipinski definition) is 3. The largest absolute Gasteiger partial charge is 0.496 e. The Morgan fingerprint density at radius 2 is 1.89 bits per heavy atom. The minimum atomic E-state index is -0.867. The summed E-state index contributed by atoms with van der Waals surface area (Å²) in [6.07, 6.45) is 3.37. The normalized spacial score (nSPS) is 17.3. The average Bonchev–Trinajstić information content (AvgIpc) is 2.98. The molecule has 5 heteroatoms. The molecular weight excluding hydrogens is 343 g/mol. The first-order valence-corrected chi connectivity index (χ1v) is 9.32. The first-order chi connectivity index (χ1) is 13.0. The van der Waals surface area contributed by atoms with Crippen LogP contribution < -0.4 is 4.74 Å². The number of hydrogen-bond donors (Lipinski definition) is 1. The molecule has 0 aliphatic carbocycles. The van der Waals surface area contributed by atoms with E-state index in [0.29, 0.717) is 12.8 Å². The Balaban J connectivity index is 1.51. The second kappa shape index (κ2) is 6.98. The minimum Gasteiger partial charge on any atom is -0.496 e. The Morgan fingerprint density at radius 1 is 1.15 bits per heavy atom. The van der Waals surface area contributed by atoms with E-state index in [-0.39, 0.29) is 5.82 Å². The first-order valence-electron chi connectivity index (χ1n) is 9.32. The molecule has 0 amide bonds. The molecule has 3 aromatic rings. The van der Waals surface area contributed by atoms with E-state index in [1.165, 1.54) is 6.07 Å². The van der Waals surface area contributed by atoms with E-state index in [4.69, 9.17) is 4.74 Å². The maximum absolute atomic E-state index is 13.7. The summed E-state index contributed by atoms with van der Waals surface area (Å²) < 4.78 is 21.2. The zero-order chi connectivity index (χ0) is 19.0. The van der Waals surface area contributed by atoms with Crippen LogP contribution in [0.25, 0.3) is 10.9 Å². The fraction of sp³-hybridized carbons (Fsp3) is 0.364. The summed E-state index contributed by atoms with van der Waals surface area (Å²) in [6.45, 7) is 2.31. The molecule has 0 bridgehead atoms. The van der Waals surface area contributed by atoms with Gasteiger partial charge >= 0.3 is 0 Å². The van der Waals surface area contributed by atoms with Crippen LogP contribution in [0, 0.1) is 5.82 Å². The van der Waals surface area contributed by atoms with Gasteiger partial charge in [0.1, 0.15) is 11.6 Å². The number of aryl methyl sites for hydroxylation is 1. The van der Waals surface area contributed by atoms with Crippen molar-refractivity contribution in [2.75, 3.05) is 20.2 Å². The van der Waals surface area contributed by atoms with E-state index in [9.17, 15) is 9.50 Å². The highest BCUT2D eigenvalue weighted by molar-refractivity contribution is 5.84. The second-order valence-electron chi connectivity index (χ2n) is 7.43. The van der Waals surface area contributed by atoms with Gasteiger partial charge < -0.3 is 14.4 Å². The lowest BCUT2D eigenvalue weighted by Gasteiger charge is -2.39. The van der Waals surface area contributed by atoms with Gasteiger partial charge in [0.15, 0.2) is 0 Å². The highest BCUT2D eigenvalue weighted by Gasteiger charge is 2.36. The predicted octanol–water partition coefficient (Wildman–Crippen LogP) is 3.81. The number of fused-ring (bicyclic) bond motifs is 1. The van der Waals surface area contributed by atoms with Crippen LogP contribution in [0.1, 0.15) is 24.0 Å². The number of benzene rings is 2. The molecule has 1 N–H and O–H groups in total. The van der Waals surface area contributed by atoms with Crippen molar-refractivity contribution >= 4 is 10.9 Å². The zero-order valence-corrected chi connectivity index (χ0v) is 15.8. The van der Waals surface area contributed by atoms with Gasteiger partial charge in [-0.3, -0.25) is 4.90 Å². The lowest BCUT2D eigenvalue weighted by atomic mass is 9.84. The molecule has 1 aromatic heterocycles. The van der Waals surface area contributed by atoms with E-state index in [1.54, 1.807) is 13.2 Å². The van der Waals surface area contributed by atoms with Crippen molar-refractivity contribution in [3.63, 3.8) is 0 Å². The number of nitrogens with zero attached hydrogens (tertiary/aromatic N) is 2. The van der Waals surface area contributed by atoms with E-state index in [1.807, 2.05) is 41.9 Å². The molecular formula is C22H25FN2O2. The number of halogens is 1. The number of likely N-dealkylation sites (tertiary alicyclic amines) is 1. The predicted molar refractivity (Wildman–Crippen MR) is 104 cm³/mol. The molecule has 0 atom stereocenters. The van der Waals surface area contributed by atoms with Gasteiger partial charge in [0.25, 0.3) is 0 Å². The molecule has 0 saturated carbocycles. The molecule has 142 valence electrons. The fourth-order valence-corrected chi connectivity index (χ4v) is 4.19. The number of para-hydroxylation sites is 1. The number of piperidine rings is 1. The van der Waals surface area contributed by atoms with Crippen LogP contribution in [0.2, 0.25) is 0 Å². The summed E-state index contributed by atoms with van der Waals surface area (Å²) in [6, 6.07) is 12.6. The smallest absolute Gasteiger partial charge is 0.124 e. The monoisotopic (exact) mass is 368 g/mol. The van der Waals surface area contributed by atoms with Gasteiger partial charge in [0, 0.05) is 49.3 Å². The van der Waals surface area contributed by atoms with Gasteiger partial charge in [0.2, 0.25) is 0 Å². The van der Waals surface area contributed by atoms with Crippen molar-refractivity contribution in [1.82, 2.24) is 9.47 Å². The molecule has 4 nitrogen and oxygen atoms in total. The van der Waals surface area contributed by atoms with Crippen LogP contribution in [-0.2, 0) is 19.2 Å². The fourth-order valence-electron chi connectivity index (χ4n) is 4.19. The van der Waals surface area contributed by atoms with E-state index >= 15 is 0 Å². The van der Waals surface area contributed by atoms with Crippen molar-refractivity contribution in [3.05, 3.63) is 65.6 Å². The van der Waals surface area contributed by atoms with Crippen LogP contribution in [0.3, 0.4) is 0 Å². The number of rotatable bonds is 4. The van der Waals surface area contributed by atoms with Gasteiger partial charge in [-0.2, -0.15) is 0 Å². The standard InChI is InChI=1S/C22H25FN2O2/c1-24-14-16(18-13-17(23)7-8-20(18)24)15-25-11-9-22(26,10-12-25)19-5-3-4-6-21(19)27-2/h3-8,13-14,26H,9-12,15H2,1-2H3. The Kier molecular flexibility index (Phi) is 4.66. The van der Waals surface area contributed by atoms with E-state index in [2.05, 4.69) is 11.1 Å². The summed E-state index contributed by atoms with van der Waals surface area (Å²) in [5.41, 5.74) is 2.15. The number of methoxy groups -OCH3 is 1. The summed E-state index contributed by atoms with van der Waals surface area (Å²) in [5, 5.41) is 12.2. The Bertz CT molecular complexity index is 958. The summed E-state index contributed by atoms with van der Waals surface area (Å²) in [5.74, 6) is 0.525. The number of aromatic nitrogens is 1. The van der Waals surface area contributed by atoms with Crippen LogP contribution in [0.4, 0.5) is 4.39 Å². The third-order valence-electron chi connectivity index (χ3n) is 5.72. The molecule has 1 aliphatic rings. The highest BCUT2D eigenvalue weighted by Crippen LogP contribution is 2.38. The average molecular weight is 368 g/mol. The first kappa shape index (κ1) is 18.0. The summed E-state index contributed by atoms with van der Waals surface area (Å²) in [7, 11) is 3.62. The molecule has 1 saturated heterocycles. The van der Waals surface area contributed by atoms with Gasteiger partial charge in [-0.15, -0.1) is 0 Å². The van der Waals surface area contributed by atoms with E-state index in [0.717, 1.165) is 47.4 Å². The number of ether oxygens (including phenoxy) is 1. The van der Waals surface area contributed by atoms with Crippen molar-refractivity contribution < 1.29 is 14.2 Å². The topological polar surface area (TPSA) is 37.6 Å². The van der Waals surface area contributed by atoms with Crippen molar-refractivity contribution in [2.24, 2.45) is 7.05 Å². The molecule has 4 rings (SSSR count). The molecule has 2 aromatic carbocycles. The molecule has 0 unspecified atom stereocenters.